The fourth-order valence-electron chi connectivity index (χ4n) is 3.28. The standard InChI is InChI=1S/C16H27N3/c1-16(2,3)15-18-13-11-17-9-7-14(13)19(15)10-8-12-5-4-6-12/h12,17H,4-11H2,1-3H3. The predicted molar refractivity (Wildman–Crippen MR) is 78.3 cm³/mol. The third kappa shape index (κ3) is 2.58. The Morgan fingerprint density at radius 1 is 1.32 bits per heavy atom. The van der Waals surface area contributed by atoms with Crippen LogP contribution in [0.2, 0.25) is 0 Å². The average molecular weight is 261 g/mol. The number of rotatable bonds is 3. The van der Waals surface area contributed by atoms with E-state index in [2.05, 4.69) is 30.7 Å². The largest absolute Gasteiger partial charge is 0.331 e. The van der Waals surface area contributed by atoms with Crippen molar-refractivity contribution >= 4 is 0 Å². The molecule has 1 aromatic heterocycles. The van der Waals surface area contributed by atoms with E-state index in [0.29, 0.717) is 0 Å². The van der Waals surface area contributed by atoms with Crippen LogP contribution >= 0.6 is 0 Å². The van der Waals surface area contributed by atoms with Gasteiger partial charge >= 0.3 is 0 Å². The zero-order valence-electron chi connectivity index (χ0n) is 12.6. The molecule has 0 aromatic carbocycles. The van der Waals surface area contributed by atoms with Crippen LogP contribution in [-0.4, -0.2) is 16.1 Å². The van der Waals surface area contributed by atoms with Gasteiger partial charge in [-0.05, 0) is 12.3 Å². The van der Waals surface area contributed by atoms with Crippen LogP contribution in [0, 0.1) is 5.92 Å². The molecule has 0 unspecified atom stereocenters. The zero-order chi connectivity index (χ0) is 13.5. The summed E-state index contributed by atoms with van der Waals surface area (Å²) in [6.45, 7) is 10.1. The first-order chi connectivity index (χ1) is 9.05. The molecule has 1 aliphatic carbocycles. The van der Waals surface area contributed by atoms with Crippen molar-refractivity contribution in [3.8, 4) is 0 Å². The van der Waals surface area contributed by atoms with E-state index in [1.807, 2.05) is 0 Å². The molecule has 1 fully saturated rings. The highest BCUT2D eigenvalue weighted by atomic mass is 15.1. The van der Waals surface area contributed by atoms with Crippen molar-refractivity contribution in [2.75, 3.05) is 6.54 Å². The Bertz CT molecular complexity index is 449. The molecule has 2 aliphatic rings. The second-order valence-corrected chi connectivity index (χ2v) is 7.24. The fraction of sp³-hybridized carbons (Fsp3) is 0.812. The van der Waals surface area contributed by atoms with Crippen molar-refractivity contribution in [1.82, 2.24) is 14.9 Å². The predicted octanol–water partition coefficient (Wildman–Crippen LogP) is 3.02. The van der Waals surface area contributed by atoms with Crippen LogP contribution in [0.3, 0.4) is 0 Å². The van der Waals surface area contributed by atoms with E-state index >= 15 is 0 Å². The van der Waals surface area contributed by atoms with Gasteiger partial charge in [0.15, 0.2) is 0 Å². The number of hydrogen-bond donors (Lipinski definition) is 1. The molecule has 3 rings (SSSR count). The highest BCUT2D eigenvalue weighted by Crippen LogP contribution is 2.32. The maximum absolute atomic E-state index is 4.94. The molecule has 0 saturated heterocycles. The van der Waals surface area contributed by atoms with Gasteiger partial charge in [-0.1, -0.05) is 40.0 Å². The molecule has 0 spiro atoms. The summed E-state index contributed by atoms with van der Waals surface area (Å²) in [5, 5.41) is 3.44. The van der Waals surface area contributed by atoms with Gasteiger partial charge in [0, 0.05) is 37.2 Å². The van der Waals surface area contributed by atoms with Gasteiger partial charge in [-0.2, -0.15) is 0 Å². The molecule has 0 amide bonds. The molecule has 3 nitrogen and oxygen atoms in total. The van der Waals surface area contributed by atoms with Crippen molar-refractivity contribution in [3.63, 3.8) is 0 Å². The molecule has 1 aliphatic heterocycles. The lowest BCUT2D eigenvalue weighted by Gasteiger charge is -2.28. The van der Waals surface area contributed by atoms with E-state index in [1.165, 1.54) is 49.4 Å². The number of imidazole rings is 1. The van der Waals surface area contributed by atoms with Crippen LogP contribution in [0.5, 0.6) is 0 Å². The van der Waals surface area contributed by atoms with E-state index in [-0.39, 0.29) is 5.41 Å². The summed E-state index contributed by atoms with van der Waals surface area (Å²) in [6, 6.07) is 0. The van der Waals surface area contributed by atoms with Crippen LogP contribution in [0.25, 0.3) is 0 Å². The van der Waals surface area contributed by atoms with Crippen molar-refractivity contribution in [3.05, 3.63) is 17.2 Å². The second kappa shape index (κ2) is 4.93. The van der Waals surface area contributed by atoms with Gasteiger partial charge in [0.2, 0.25) is 0 Å². The number of aromatic nitrogens is 2. The molecule has 0 bridgehead atoms. The molecule has 0 atom stereocenters. The first-order valence-corrected chi connectivity index (χ1v) is 7.85. The lowest BCUT2D eigenvalue weighted by atomic mass is 9.83. The third-order valence-electron chi connectivity index (χ3n) is 4.64. The third-order valence-corrected chi connectivity index (χ3v) is 4.64. The van der Waals surface area contributed by atoms with Gasteiger partial charge in [-0.15, -0.1) is 0 Å². The van der Waals surface area contributed by atoms with E-state index < -0.39 is 0 Å². The summed E-state index contributed by atoms with van der Waals surface area (Å²) in [6.07, 6.45) is 6.83. The molecular formula is C16H27N3. The Kier molecular flexibility index (Phi) is 3.42. The smallest absolute Gasteiger partial charge is 0.114 e. The first kappa shape index (κ1) is 13.2. The van der Waals surface area contributed by atoms with Gasteiger partial charge in [0.1, 0.15) is 5.82 Å². The monoisotopic (exact) mass is 261 g/mol. The average Bonchev–Trinajstić information content (AvgIpc) is 2.66. The molecule has 2 heterocycles. The first-order valence-electron chi connectivity index (χ1n) is 7.85. The van der Waals surface area contributed by atoms with Crippen LogP contribution < -0.4 is 5.32 Å². The summed E-state index contributed by atoms with van der Waals surface area (Å²) >= 11 is 0. The minimum atomic E-state index is 0.150. The number of fused-ring (bicyclic) bond motifs is 1. The molecule has 106 valence electrons. The van der Waals surface area contributed by atoms with Gasteiger partial charge in [0.05, 0.1) is 5.69 Å². The lowest BCUT2D eigenvalue weighted by molar-refractivity contribution is 0.277. The zero-order valence-corrected chi connectivity index (χ0v) is 12.6. The fourth-order valence-corrected chi connectivity index (χ4v) is 3.28. The highest BCUT2D eigenvalue weighted by molar-refractivity contribution is 5.23. The Morgan fingerprint density at radius 2 is 2.11 bits per heavy atom. The van der Waals surface area contributed by atoms with Crippen LogP contribution in [0.1, 0.15) is 63.7 Å². The van der Waals surface area contributed by atoms with E-state index in [9.17, 15) is 0 Å². The SMILES string of the molecule is CC(C)(C)c1nc2c(n1CCC1CCC1)CCNC2. The van der Waals surface area contributed by atoms with Crippen molar-refractivity contribution in [2.45, 2.75) is 71.4 Å². The summed E-state index contributed by atoms with van der Waals surface area (Å²) in [7, 11) is 0. The van der Waals surface area contributed by atoms with Crippen molar-refractivity contribution < 1.29 is 0 Å². The van der Waals surface area contributed by atoms with Gasteiger partial charge in [-0.3, -0.25) is 0 Å². The van der Waals surface area contributed by atoms with E-state index in [4.69, 9.17) is 4.98 Å². The molecule has 0 radical (unpaired) electrons. The lowest BCUT2D eigenvalue weighted by Crippen LogP contribution is -2.26. The number of hydrogen-bond acceptors (Lipinski definition) is 2. The molecule has 3 heteroatoms. The van der Waals surface area contributed by atoms with Gasteiger partial charge in [-0.25, -0.2) is 4.98 Å². The summed E-state index contributed by atoms with van der Waals surface area (Å²) in [5.74, 6) is 2.27. The maximum Gasteiger partial charge on any atom is 0.114 e. The molecule has 1 aromatic rings. The molecular weight excluding hydrogens is 234 g/mol. The molecule has 1 saturated carbocycles. The minimum Gasteiger partial charge on any atom is -0.331 e. The van der Waals surface area contributed by atoms with Crippen LogP contribution in [-0.2, 0) is 24.9 Å². The highest BCUT2D eigenvalue weighted by Gasteiger charge is 2.27. The Balaban J connectivity index is 1.87. The van der Waals surface area contributed by atoms with Gasteiger partial charge in [0.25, 0.3) is 0 Å². The Hall–Kier alpha value is -0.830. The Morgan fingerprint density at radius 3 is 2.74 bits per heavy atom. The van der Waals surface area contributed by atoms with Gasteiger partial charge < -0.3 is 9.88 Å². The van der Waals surface area contributed by atoms with E-state index in [1.54, 1.807) is 0 Å². The van der Waals surface area contributed by atoms with Crippen molar-refractivity contribution in [2.24, 2.45) is 5.92 Å². The summed E-state index contributed by atoms with van der Waals surface area (Å²) < 4.78 is 2.55. The van der Waals surface area contributed by atoms with Crippen LogP contribution in [0.4, 0.5) is 0 Å². The molecule has 1 N–H and O–H groups in total. The maximum atomic E-state index is 4.94. The van der Waals surface area contributed by atoms with Crippen LogP contribution in [0.15, 0.2) is 0 Å². The summed E-state index contributed by atoms with van der Waals surface area (Å²) in [4.78, 5) is 4.94. The topological polar surface area (TPSA) is 29.9 Å². The molecule has 19 heavy (non-hydrogen) atoms. The van der Waals surface area contributed by atoms with E-state index in [0.717, 1.165) is 25.4 Å². The Labute approximate surface area is 116 Å². The quantitative estimate of drug-likeness (QED) is 0.906. The summed E-state index contributed by atoms with van der Waals surface area (Å²) in [5.41, 5.74) is 2.95. The van der Waals surface area contributed by atoms with Crippen molar-refractivity contribution in [1.29, 1.82) is 0 Å². The number of nitrogens with one attached hydrogen (secondary N) is 1. The number of nitrogens with zero attached hydrogens (tertiary/aromatic N) is 2. The minimum absolute atomic E-state index is 0.150. The second-order valence-electron chi connectivity index (χ2n) is 7.24. The normalized spacial score (nSPS) is 20.2.